The zero-order valence-electron chi connectivity index (χ0n) is 9.40. The Hall–Kier alpha value is -1.11. The Kier molecular flexibility index (Phi) is 6.55. The molecule has 0 unspecified atom stereocenters. The number of carbonyl (C=O) groups is 1. The average Bonchev–Trinajstić information content (AvgIpc) is 2.81. The highest BCUT2D eigenvalue weighted by Gasteiger charge is 2.08. The van der Waals surface area contributed by atoms with Crippen molar-refractivity contribution >= 4 is 17.7 Å². The van der Waals surface area contributed by atoms with Gasteiger partial charge in [0.1, 0.15) is 0 Å². The van der Waals surface area contributed by atoms with Crippen LogP contribution in [0.3, 0.4) is 0 Å². The van der Waals surface area contributed by atoms with Crippen LogP contribution in [0.15, 0.2) is 0 Å². The molecule has 0 aliphatic heterocycles. The summed E-state index contributed by atoms with van der Waals surface area (Å²) in [5.74, 6) is 1.05. The molecule has 90 valence electrons. The van der Waals surface area contributed by atoms with Gasteiger partial charge < -0.3 is 5.32 Å². The van der Waals surface area contributed by atoms with E-state index in [0.717, 1.165) is 12.8 Å². The molecule has 0 aromatic carbocycles. The number of hydrogen-bond donors (Lipinski definition) is 2. The van der Waals surface area contributed by atoms with Crippen LogP contribution in [-0.4, -0.2) is 45.1 Å². The number of amides is 1. The molecule has 0 spiro atoms. The number of nitrogens with one attached hydrogen (secondary N) is 2. The van der Waals surface area contributed by atoms with Crippen LogP contribution in [0.4, 0.5) is 0 Å². The molecular formula is C9H17N5OS. The van der Waals surface area contributed by atoms with Crippen molar-refractivity contribution in [3.05, 3.63) is 5.82 Å². The normalized spacial score (nSPS) is 10.3. The lowest BCUT2D eigenvalue weighted by Crippen LogP contribution is -2.25. The van der Waals surface area contributed by atoms with Gasteiger partial charge >= 0.3 is 0 Å². The Morgan fingerprint density at radius 2 is 2.19 bits per heavy atom. The van der Waals surface area contributed by atoms with Crippen LogP contribution in [0.2, 0.25) is 0 Å². The third kappa shape index (κ3) is 5.11. The maximum Gasteiger partial charge on any atom is 0.292 e. The minimum atomic E-state index is -0.266. The van der Waals surface area contributed by atoms with Gasteiger partial charge in [0, 0.05) is 6.54 Å². The van der Waals surface area contributed by atoms with Crippen molar-refractivity contribution in [3.63, 3.8) is 0 Å². The van der Waals surface area contributed by atoms with E-state index in [2.05, 4.69) is 32.2 Å². The molecule has 1 aromatic heterocycles. The zero-order chi connectivity index (χ0) is 11.6. The van der Waals surface area contributed by atoms with Crippen LogP contribution >= 0.6 is 11.8 Å². The van der Waals surface area contributed by atoms with E-state index in [1.54, 1.807) is 0 Å². The Bertz CT molecular complexity index is 290. The fourth-order valence-corrected chi connectivity index (χ4v) is 1.76. The number of aromatic amines is 1. The second kappa shape index (κ2) is 8.09. The summed E-state index contributed by atoms with van der Waals surface area (Å²) in [7, 11) is 0. The average molecular weight is 243 g/mol. The molecule has 0 radical (unpaired) electrons. The van der Waals surface area contributed by atoms with E-state index >= 15 is 0 Å². The van der Waals surface area contributed by atoms with Crippen molar-refractivity contribution in [2.45, 2.75) is 25.7 Å². The monoisotopic (exact) mass is 243 g/mol. The molecule has 16 heavy (non-hydrogen) atoms. The number of unbranched alkanes of at least 4 members (excludes halogenated alkanes) is 3. The van der Waals surface area contributed by atoms with Crippen molar-refractivity contribution in [1.29, 1.82) is 0 Å². The number of H-pyrrole nitrogens is 1. The van der Waals surface area contributed by atoms with E-state index in [-0.39, 0.29) is 11.7 Å². The van der Waals surface area contributed by atoms with Crippen LogP contribution < -0.4 is 5.32 Å². The van der Waals surface area contributed by atoms with E-state index in [4.69, 9.17) is 0 Å². The van der Waals surface area contributed by atoms with Crippen LogP contribution in [-0.2, 0) is 0 Å². The predicted octanol–water partition coefficient (Wildman–Crippen LogP) is 0.853. The number of tetrazole rings is 1. The summed E-state index contributed by atoms with van der Waals surface area (Å²) in [6.45, 7) is 0.673. The maximum absolute atomic E-state index is 11.3. The number of carbonyl (C=O) groups excluding carboxylic acids is 1. The molecule has 1 rings (SSSR count). The minimum absolute atomic E-state index is 0.0994. The summed E-state index contributed by atoms with van der Waals surface area (Å²) in [5.41, 5.74) is 0. The van der Waals surface area contributed by atoms with E-state index < -0.39 is 0 Å². The molecule has 7 heteroatoms. The topological polar surface area (TPSA) is 83.6 Å². The highest BCUT2D eigenvalue weighted by Crippen LogP contribution is 2.03. The van der Waals surface area contributed by atoms with Gasteiger partial charge in [-0.15, -0.1) is 10.2 Å². The smallest absolute Gasteiger partial charge is 0.292 e. The minimum Gasteiger partial charge on any atom is -0.349 e. The number of thioether (sulfide) groups is 1. The summed E-state index contributed by atoms with van der Waals surface area (Å²) in [6.07, 6.45) is 6.73. The summed E-state index contributed by atoms with van der Waals surface area (Å²) < 4.78 is 0. The van der Waals surface area contributed by atoms with Gasteiger partial charge in [0.15, 0.2) is 0 Å². The Morgan fingerprint density at radius 1 is 1.38 bits per heavy atom. The molecule has 0 aliphatic carbocycles. The first-order chi connectivity index (χ1) is 7.84. The third-order valence-corrected chi connectivity index (χ3v) is 2.81. The first kappa shape index (κ1) is 13.0. The van der Waals surface area contributed by atoms with Gasteiger partial charge in [-0.3, -0.25) is 4.79 Å². The second-order valence-corrected chi connectivity index (χ2v) is 4.38. The van der Waals surface area contributed by atoms with E-state index in [1.165, 1.54) is 18.6 Å². The lowest BCUT2D eigenvalue weighted by Gasteiger charge is -2.02. The van der Waals surface area contributed by atoms with E-state index in [9.17, 15) is 4.79 Å². The predicted molar refractivity (Wildman–Crippen MR) is 63.4 cm³/mol. The quantitative estimate of drug-likeness (QED) is 0.661. The maximum atomic E-state index is 11.3. The van der Waals surface area contributed by atoms with Gasteiger partial charge in [0.05, 0.1) is 0 Å². The first-order valence-corrected chi connectivity index (χ1v) is 6.74. The fraction of sp³-hybridized carbons (Fsp3) is 0.778. The van der Waals surface area contributed by atoms with E-state index in [1.807, 2.05) is 11.8 Å². The number of hydrogen-bond acceptors (Lipinski definition) is 5. The molecule has 0 saturated heterocycles. The highest BCUT2D eigenvalue weighted by molar-refractivity contribution is 7.98. The molecule has 0 atom stereocenters. The molecule has 0 aliphatic rings. The number of aromatic nitrogens is 4. The lowest BCUT2D eigenvalue weighted by molar-refractivity contribution is 0.0942. The van der Waals surface area contributed by atoms with Gasteiger partial charge in [-0.05, 0) is 30.1 Å². The second-order valence-electron chi connectivity index (χ2n) is 3.40. The fourth-order valence-electron chi connectivity index (χ4n) is 1.26. The standard InChI is InChI=1S/C9H17N5OS/c1-16-7-5-3-2-4-6-10-9(15)8-11-13-14-12-8/h2-7H2,1H3,(H,10,15)(H,11,12,13,14). The molecule has 0 fully saturated rings. The molecule has 2 N–H and O–H groups in total. The summed E-state index contributed by atoms with van der Waals surface area (Å²) in [5, 5.41) is 15.5. The molecule has 6 nitrogen and oxygen atoms in total. The molecule has 1 amide bonds. The first-order valence-electron chi connectivity index (χ1n) is 5.35. The Morgan fingerprint density at radius 3 is 2.88 bits per heavy atom. The van der Waals surface area contributed by atoms with Crippen LogP contribution in [0.25, 0.3) is 0 Å². The summed E-state index contributed by atoms with van der Waals surface area (Å²) in [6, 6.07) is 0. The molecule has 0 bridgehead atoms. The Balaban J connectivity index is 1.97. The van der Waals surface area contributed by atoms with Crippen molar-refractivity contribution in [3.8, 4) is 0 Å². The number of nitrogens with zero attached hydrogens (tertiary/aromatic N) is 3. The van der Waals surface area contributed by atoms with Gasteiger partial charge in [-0.2, -0.15) is 17.0 Å². The highest BCUT2D eigenvalue weighted by atomic mass is 32.2. The molecule has 0 saturated carbocycles. The van der Waals surface area contributed by atoms with Crippen LogP contribution in [0, 0.1) is 0 Å². The Labute approximate surface area is 99.0 Å². The van der Waals surface area contributed by atoms with Gasteiger partial charge in [0.25, 0.3) is 11.7 Å². The SMILES string of the molecule is CSCCCCCCNC(=O)c1nn[nH]n1. The van der Waals surface area contributed by atoms with Gasteiger partial charge in [-0.25, -0.2) is 0 Å². The zero-order valence-corrected chi connectivity index (χ0v) is 10.2. The van der Waals surface area contributed by atoms with Gasteiger partial charge in [0.2, 0.25) is 0 Å². The summed E-state index contributed by atoms with van der Waals surface area (Å²) >= 11 is 1.87. The van der Waals surface area contributed by atoms with Gasteiger partial charge in [-0.1, -0.05) is 12.8 Å². The molecular weight excluding hydrogens is 226 g/mol. The number of rotatable bonds is 8. The largest absolute Gasteiger partial charge is 0.349 e. The van der Waals surface area contributed by atoms with E-state index in [0.29, 0.717) is 6.54 Å². The molecule has 1 heterocycles. The lowest BCUT2D eigenvalue weighted by atomic mass is 10.2. The van der Waals surface area contributed by atoms with Crippen LogP contribution in [0.5, 0.6) is 0 Å². The van der Waals surface area contributed by atoms with Crippen molar-refractivity contribution in [2.24, 2.45) is 0 Å². The van der Waals surface area contributed by atoms with Crippen molar-refractivity contribution in [1.82, 2.24) is 25.9 Å². The molecule has 1 aromatic rings. The third-order valence-electron chi connectivity index (χ3n) is 2.11. The van der Waals surface area contributed by atoms with Crippen molar-refractivity contribution in [2.75, 3.05) is 18.6 Å². The van der Waals surface area contributed by atoms with Crippen molar-refractivity contribution < 1.29 is 4.79 Å². The van der Waals surface area contributed by atoms with Crippen LogP contribution in [0.1, 0.15) is 36.3 Å². The summed E-state index contributed by atoms with van der Waals surface area (Å²) in [4.78, 5) is 11.3.